The summed E-state index contributed by atoms with van der Waals surface area (Å²) in [7, 11) is 0. The molecule has 3 saturated heterocycles. The normalized spacial score (nSPS) is 25.7. The predicted molar refractivity (Wildman–Crippen MR) is 136 cm³/mol. The van der Waals surface area contributed by atoms with Gasteiger partial charge in [-0.1, -0.05) is 0 Å². The zero-order chi connectivity index (χ0) is 28.1. The Morgan fingerprint density at radius 1 is 1.18 bits per heavy atom. The van der Waals surface area contributed by atoms with E-state index in [1.165, 1.54) is 0 Å². The smallest absolute Gasteiger partial charge is 0.418 e. The number of nitrogen functional groups attached to an aromatic ring is 1. The maximum atomic E-state index is 16.8. The Kier molecular flexibility index (Phi) is 5.43. The van der Waals surface area contributed by atoms with Crippen molar-refractivity contribution < 1.29 is 27.0 Å². The molecule has 2 bridgehead atoms. The highest BCUT2D eigenvalue weighted by Crippen LogP contribution is 2.48. The Bertz CT molecular complexity index is 1620. The lowest BCUT2D eigenvalue weighted by molar-refractivity contribution is -0.137. The molecule has 0 saturated carbocycles. The van der Waals surface area contributed by atoms with E-state index in [1.54, 1.807) is 0 Å². The van der Waals surface area contributed by atoms with E-state index in [0.717, 1.165) is 25.8 Å². The number of hydrogen-bond acceptors (Lipinski definition) is 9. The van der Waals surface area contributed by atoms with Crippen molar-refractivity contribution in [2.45, 2.75) is 63.0 Å². The molecule has 7 heterocycles. The average Bonchev–Trinajstić information content (AvgIpc) is 3.17. The molecular formula is C27H25F4N7O2. The van der Waals surface area contributed by atoms with E-state index >= 15 is 4.39 Å². The number of rotatable bonds is 2. The number of nitrogens with two attached hydrogens (primary N) is 1. The summed E-state index contributed by atoms with van der Waals surface area (Å²) in [5.74, 6) is -1.18. The van der Waals surface area contributed by atoms with E-state index in [1.807, 2.05) is 6.92 Å². The molecule has 0 radical (unpaired) electrons. The van der Waals surface area contributed by atoms with Crippen LogP contribution in [0.4, 0.5) is 29.2 Å². The highest BCUT2D eigenvalue weighted by molar-refractivity contribution is 6.03. The molecule has 3 N–H and O–H groups in total. The lowest BCUT2D eigenvalue weighted by Crippen LogP contribution is -2.62. The summed E-state index contributed by atoms with van der Waals surface area (Å²) < 4.78 is 71.2. The summed E-state index contributed by atoms with van der Waals surface area (Å²) in [6.07, 6.45) is -3.45. The maximum Gasteiger partial charge on any atom is 0.418 e. The van der Waals surface area contributed by atoms with E-state index in [-0.39, 0.29) is 52.1 Å². The molecule has 0 spiro atoms. The number of alkyl halides is 3. The number of ether oxygens (including phenoxy) is 2. The second-order valence-corrected chi connectivity index (χ2v) is 10.9. The van der Waals surface area contributed by atoms with Crippen LogP contribution in [0.25, 0.3) is 22.0 Å². The largest absolute Gasteiger partial charge is 0.472 e. The second kappa shape index (κ2) is 8.62. The van der Waals surface area contributed by atoms with Crippen LogP contribution in [0.15, 0.2) is 6.07 Å². The topological polar surface area (TPSA) is 122 Å². The van der Waals surface area contributed by atoms with Crippen LogP contribution in [0.3, 0.4) is 0 Å². The van der Waals surface area contributed by atoms with E-state index in [2.05, 4.69) is 26.3 Å². The first kappa shape index (κ1) is 25.2. The van der Waals surface area contributed by atoms with Crippen molar-refractivity contribution >= 4 is 22.4 Å². The van der Waals surface area contributed by atoms with Crippen LogP contribution in [0.5, 0.6) is 5.88 Å². The number of aryl methyl sites for hydroxylation is 1. The Labute approximate surface area is 226 Å². The number of halogens is 4. The average molecular weight is 556 g/mol. The van der Waals surface area contributed by atoms with Gasteiger partial charge >= 0.3 is 6.18 Å². The molecule has 0 unspecified atom stereocenters. The number of anilines is 2. The number of pyridine rings is 3. The van der Waals surface area contributed by atoms with Gasteiger partial charge in [0.05, 0.1) is 47.2 Å². The monoisotopic (exact) mass is 555 g/mol. The summed E-state index contributed by atoms with van der Waals surface area (Å²) in [6.45, 7) is 4.22. The molecule has 13 heteroatoms. The number of piperazine rings is 1. The number of fused-ring (bicyclic) bond motifs is 5. The molecule has 4 aliphatic heterocycles. The molecule has 0 aromatic carbocycles. The number of nitrogens with zero attached hydrogens (tertiary/aromatic N) is 5. The molecule has 4 atom stereocenters. The SMILES string of the molecule is Cc1nc(N)cc(-c2nc3c4c(nc(C5COC5)c(C#N)c4c2F)N2C[C@H]4CC[C@H](N4)[C@H]2[C@H](C)O3)c1C(F)(F)F. The third-order valence-corrected chi connectivity index (χ3v) is 8.47. The van der Waals surface area contributed by atoms with Gasteiger partial charge in [-0.3, -0.25) is 0 Å². The van der Waals surface area contributed by atoms with Gasteiger partial charge in [-0.05, 0) is 32.8 Å². The third kappa shape index (κ3) is 3.55. The fourth-order valence-corrected chi connectivity index (χ4v) is 6.75. The first-order valence-corrected chi connectivity index (χ1v) is 13.2. The van der Waals surface area contributed by atoms with Gasteiger partial charge in [0, 0.05) is 35.5 Å². The molecule has 3 aromatic heterocycles. The molecule has 3 fully saturated rings. The van der Waals surface area contributed by atoms with Crippen LogP contribution in [0.1, 0.15) is 48.2 Å². The summed E-state index contributed by atoms with van der Waals surface area (Å²) in [5, 5.41) is 13.9. The van der Waals surface area contributed by atoms with Crippen molar-refractivity contribution in [1.29, 1.82) is 5.26 Å². The zero-order valence-corrected chi connectivity index (χ0v) is 21.6. The number of nitriles is 1. The van der Waals surface area contributed by atoms with Crippen LogP contribution >= 0.6 is 0 Å². The van der Waals surface area contributed by atoms with Crippen LogP contribution in [0, 0.1) is 24.1 Å². The molecule has 0 amide bonds. The minimum Gasteiger partial charge on any atom is -0.472 e. The molecule has 3 aromatic rings. The molecule has 9 nitrogen and oxygen atoms in total. The van der Waals surface area contributed by atoms with Crippen LogP contribution in [-0.2, 0) is 10.9 Å². The van der Waals surface area contributed by atoms with Crippen molar-refractivity contribution in [3.8, 4) is 23.2 Å². The van der Waals surface area contributed by atoms with Gasteiger partial charge in [0.2, 0.25) is 5.88 Å². The number of aromatic nitrogens is 3. The first-order valence-electron chi connectivity index (χ1n) is 13.2. The van der Waals surface area contributed by atoms with Crippen LogP contribution in [0.2, 0.25) is 0 Å². The highest BCUT2D eigenvalue weighted by Gasteiger charge is 2.48. The Hall–Kier alpha value is -3.76. The van der Waals surface area contributed by atoms with Crippen molar-refractivity contribution in [2.24, 2.45) is 0 Å². The summed E-state index contributed by atoms with van der Waals surface area (Å²) in [6, 6.07) is 3.14. The maximum absolute atomic E-state index is 16.8. The molecule has 7 rings (SSSR count). The lowest BCUT2D eigenvalue weighted by Gasteiger charge is -2.43. The van der Waals surface area contributed by atoms with Gasteiger partial charge in [0.25, 0.3) is 0 Å². The van der Waals surface area contributed by atoms with Crippen molar-refractivity contribution in [3.05, 3.63) is 34.4 Å². The fourth-order valence-electron chi connectivity index (χ4n) is 6.75. The quantitative estimate of drug-likeness (QED) is 0.455. The summed E-state index contributed by atoms with van der Waals surface area (Å²) >= 11 is 0. The predicted octanol–water partition coefficient (Wildman–Crippen LogP) is 3.82. The first-order chi connectivity index (χ1) is 19.1. The second-order valence-electron chi connectivity index (χ2n) is 10.9. The van der Waals surface area contributed by atoms with Crippen LogP contribution < -0.4 is 20.7 Å². The van der Waals surface area contributed by atoms with Gasteiger partial charge in [0.15, 0.2) is 5.82 Å². The zero-order valence-electron chi connectivity index (χ0n) is 21.6. The fraction of sp³-hybridized carbons (Fsp3) is 0.481. The van der Waals surface area contributed by atoms with Gasteiger partial charge in [-0.2, -0.15) is 18.4 Å². The van der Waals surface area contributed by atoms with Crippen molar-refractivity contribution in [1.82, 2.24) is 20.3 Å². The molecule has 208 valence electrons. The minimum atomic E-state index is -4.87. The van der Waals surface area contributed by atoms with Gasteiger partial charge in [0.1, 0.15) is 29.5 Å². The minimum absolute atomic E-state index is 0.0606. The summed E-state index contributed by atoms with van der Waals surface area (Å²) in [5.41, 5.74) is 3.40. The van der Waals surface area contributed by atoms with Crippen molar-refractivity contribution in [2.75, 3.05) is 30.4 Å². The summed E-state index contributed by atoms with van der Waals surface area (Å²) in [4.78, 5) is 15.2. The molecule has 40 heavy (non-hydrogen) atoms. The Morgan fingerprint density at radius 3 is 2.62 bits per heavy atom. The lowest BCUT2D eigenvalue weighted by atomic mass is 9.92. The Morgan fingerprint density at radius 2 is 1.95 bits per heavy atom. The van der Waals surface area contributed by atoms with Gasteiger partial charge in [-0.15, -0.1) is 0 Å². The van der Waals surface area contributed by atoms with E-state index in [9.17, 15) is 18.4 Å². The molecule has 4 aliphatic rings. The van der Waals surface area contributed by atoms with Crippen molar-refractivity contribution in [3.63, 3.8) is 0 Å². The van der Waals surface area contributed by atoms with E-state index < -0.39 is 40.6 Å². The third-order valence-electron chi connectivity index (χ3n) is 8.47. The van der Waals surface area contributed by atoms with Crippen LogP contribution in [-0.4, -0.2) is 58.9 Å². The number of hydrogen-bond donors (Lipinski definition) is 2. The molecule has 0 aliphatic carbocycles. The highest BCUT2D eigenvalue weighted by atomic mass is 19.4. The molecular weight excluding hydrogens is 530 g/mol. The number of nitrogens with one attached hydrogen (secondary N) is 1. The van der Waals surface area contributed by atoms with Gasteiger partial charge in [-0.25, -0.2) is 19.3 Å². The van der Waals surface area contributed by atoms with Gasteiger partial charge < -0.3 is 25.4 Å². The van der Waals surface area contributed by atoms with E-state index in [4.69, 9.17) is 20.2 Å². The Balaban J connectivity index is 1.59. The standard InChI is InChI=1S/C27H25F4N7O2/c1-10-20(27(29,30)31)14(5-17(33)34-10)23-21(28)18-15(6-32)22(12-8-39-9-12)36-25-19(18)26(37-23)40-11(2)24-16-4-3-13(35-16)7-38(24)25/h5,11-13,16,24,35H,3-4,7-9H2,1-2H3,(H2,33,34)/t11-,13+,16-,24+/m0/s1. The van der Waals surface area contributed by atoms with E-state index in [0.29, 0.717) is 31.3 Å².